The van der Waals surface area contributed by atoms with Gasteiger partial charge in [-0.05, 0) is 32.6 Å². The average molecular weight is 211 g/mol. The molecule has 2 heteroatoms. The Hall–Kier alpha value is -0.370. The minimum atomic E-state index is 0.107. The lowest BCUT2D eigenvalue weighted by Crippen LogP contribution is -2.45. The number of carbonyl (C=O) groups excluding carboxylic acids is 1. The highest BCUT2D eigenvalue weighted by Gasteiger charge is 2.28. The summed E-state index contributed by atoms with van der Waals surface area (Å²) in [7, 11) is 0. The summed E-state index contributed by atoms with van der Waals surface area (Å²) < 4.78 is 0. The van der Waals surface area contributed by atoms with Gasteiger partial charge in [0.2, 0.25) is 0 Å². The van der Waals surface area contributed by atoms with E-state index in [9.17, 15) is 4.79 Å². The molecule has 1 aliphatic rings. The molecule has 1 fully saturated rings. The lowest BCUT2D eigenvalue weighted by Gasteiger charge is -2.34. The summed E-state index contributed by atoms with van der Waals surface area (Å²) in [4.78, 5) is 13.9. The first-order chi connectivity index (χ1) is 7.02. The van der Waals surface area contributed by atoms with Gasteiger partial charge in [0, 0.05) is 12.6 Å². The lowest BCUT2D eigenvalue weighted by atomic mass is 10.1. The van der Waals surface area contributed by atoms with E-state index < -0.39 is 0 Å². The number of hydrogen-bond acceptors (Lipinski definition) is 2. The van der Waals surface area contributed by atoms with Crippen LogP contribution in [0.1, 0.15) is 53.4 Å². The minimum Gasteiger partial charge on any atom is -0.298 e. The summed E-state index contributed by atoms with van der Waals surface area (Å²) >= 11 is 0. The van der Waals surface area contributed by atoms with Crippen molar-refractivity contribution in [3.63, 3.8) is 0 Å². The second-order valence-corrected chi connectivity index (χ2v) is 5.32. The van der Waals surface area contributed by atoms with Gasteiger partial charge in [0.05, 0.1) is 6.04 Å². The fourth-order valence-electron chi connectivity index (χ4n) is 2.51. The molecule has 88 valence electrons. The summed E-state index contributed by atoms with van der Waals surface area (Å²) in [6.07, 6.45) is 5.24. The molecular weight excluding hydrogens is 186 g/mol. The molecule has 0 aromatic carbocycles. The second kappa shape index (κ2) is 5.64. The monoisotopic (exact) mass is 211 g/mol. The molecule has 2 nitrogen and oxygen atoms in total. The van der Waals surface area contributed by atoms with E-state index in [1.165, 1.54) is 25.7 Å². The zero-order chi connectivity index (χ0) is 11.4. The molecule has 1 saturated carbocycles. The maximum absolute atomic E-state index is 11.5. The predicted molar refractivity (Wildman–Crippen MR) is 63.9 cm³/mol. The van der Waals surface area contributed by atoms with Crippen LogP contribution in [0.25, 0.3) is 0 Å². The third-order valence-electron chi connectivity index (χ3n) is 3.46. The predicted octanol–water partition coefficient (Wildman–Crippen LogP) is 2.86. The van der Waals surface area contributed by atoms with Crippen molar-refractivity contribution in [2.75, 3.05) is 6.54 Å². The zero-order valence-electron chi connectivity index (χ0n) is 10.6. The standard InChI is InChI=1S/C13H25NO/c1-10(2)9-14(11(3)12(4)15)13-7-5-6-8-13/h10-11,13H,5-9H2,1-4H3. The molecule has 0 amide bonds. The van der Waals surface area contributed by atoms with Crippen molar-refractivity contribution in [2.24, 2.45) is 5.92 Å². The molecule has 0 aliphatic heterocycles. The third kappa shape index (κ3) is 3.60. The Labute approximate surface area is 94.0 Å². The molecule has 0 heterocycles. The minimum absolute atomic E-state index is 0.107. The van der Waals surface area contributed by atoms with Crippen molar-refractivity contribution in [1.82, 2.24) is 4.90 Å². The maximum Gasteiger partial charge on any atom is 0.146 e. The van der Waals surface area contributed by atoms with Gasteiger partial charge in [-0.2, -0.15) is 0 Å². The van der Waals surface area contributed by atoms with E-state index in [1.807, 2.05) is 0 Å². The smallest absolute Gasteiger partial charge is 0.146 e. The molecule has 15 heavy (non-hydrogen) atoms. The van der Waals surface area contributed by atoms with Crippen LogP contribution in [0.4, 0.5) is 0 Å². The molecule has 0 aromatic rings. The van der Waals surface area contributed by atoms with E-state index in [2.05, 4.69) is 25.7 Å². The molecule has 0 aromatic heterocycles. The Bertz CT molecular complexity index is 207. The summed E-state index contributed by atoms with van der Waals surface area (Å²) in [5, 5.41) is 0. The van der Waals surface area contributed by atoms with Crippen LogP contribution in [-0.2, 0) is 4.79 Å². The lowest BCUT2D eigenvalue weighted by molar-refractivity contribution is -0.122. The molecule has 0 N–H and O–H groups in total. The van der Waals surface area contributed by atoms with Crippen molar-refractivity contribution >= 4 is 5.78 Å². The molecule has 1 rings (SSSR count). The van der Waals surface area contributed by atoms with Crippen LogP contribution in [0.3, 0.4) is 0 Å². The summed E-state index contributed by atoms with van der Waals surface area (Å²) in [5.74, 6) is 0.954. The van der Waals surface area contributed by atoms with Gasteiger partial charge in [-0.15, -0.1) is 0 Å². The van der Waals surface area contributed by atoms with Crippen LogP contribution < -0.4 is 0 Å². The van der Waals surface area contributed by atoms with E-state index >= 15 is 0 Å². The van der Waals surface area contributed by atoms with Crippen molar-refractivity contribution < 1.29 is 4.79 Å². The van der Waals surface area contributed by atoms with Gasteiger partial charge >= 0.3 is 0 Å². The van der Waals surface area contributed by atoms with Gasteiger partial charge in [-0.3, -0.25) is 9.69 Å². The van der Waals surface area contributed by atoms with Crippen LogP contribution in [-0.4, -0.2) is 29.3 Å². The average Bonchev–Trinajstić information content (AvgIpc) is 2.65. The maximum atomic E-state index is 11.5. The van der Waals surface area contributed by atoms with E-state index in [1.54, 1.807) is 6.92 Å². The number of carbonyl (C=O) groups is 1. The number of hydrogen-bond donors (Lipinski definition) is 0. The number of nitrogens with zero attached hydrogens (tertiary/aromatic N) is 1. The van der Waals surface area contributed by atoms with Crippen molar-refractivity contribution in [3.05, 3.63) is 0 Å². The number of Topliss-reactive ketones (excluding diaryl/α,β-unsaturated/α-hetero) is 1. The van der Waals surface area contributed by atoms with E-state index in [-0.39, 0.29) is 6.04 Å². The molecule has 1 aliphatic carbocycles. The SMILES string of the molecule is CC(=O)C(C)N(CC(C)C)C1CCCC1. The first kappa shape index (κ1) is 12.7. The highest BCUT2D eigenvalue weighted by Crippen LogP contribution is 2.26. The normalized spacial score (nSPS) is 20.1. The van der Waals surface area contributed by atoms with Gasteiger partial charge in [-0.1, -0.05) is 26.7 Å². The first-order valence-electron chi connectivity index (χ1n) is 6.28. The zero-order valence-corrected chi connectivity index (χ0v) is 10.6. The van der Waals surface area contributed by atoms with E-state index in [0.29, 0.717) is 17.7 Å². The van der Waals surface area contributed by atoms with E-state index in [0.717, 1.165) is 6.54 Å². The van der Waals surface area contributed by atoms with E-state index in [4.69, 9.17) is 0 Å². The van der Waals surface area contributed by atoms with Crippen molar-refractivity contribution in [2.45, 2.75) is 65.5 Å². The van der Waals surface area contributed by atoms with Crippen molar-refractivity contribution in [3.8, 4) is 0 Å². The van der Waals surface area contributed by atoms with Gasteiger partial charge in [-0.25, -0.2) is 0 Å². The Morgan fingerprint density at radius 1 is 1.27 bits per heavy atom. The Morgan fingerprint density at radius 3 is 2.20 bits per heavy atom. The van der Waals surface area contributed by atoms with Crippen LogP contribution in [0.15, 0.2) is 0 Å². The van der Waals surface area contributed by atoms with Gasteiger partial charge in [0.25, 0.3) is 0 Å². The van der Waals surface area contributed by atoms with Crippen LogP contribution >= 0.6 is 0 Å². The van der Waals surface area contributed by atoms with Gasteiger partial charge in [0.15, 0.2) is 0 Å². The second-order valence-electron chi connectivity index (χ2n) is 5.32. The fraction of sp³-hybridized carbons (Fsp3) is 0.923. The summed E-state index contributed by atoms with van der Waals surface area (Å²) in [6, 6.07) is 0.766. The summed E-state index contributed by atoms with van der Waals surface area (Å²) in [5.41, 5.74) is 0. The van der Waals surface area contributed by atoms with Crippen LogP contribution in [0, 0.1) is 5.92 Å². The first-order valence-corrected chi connectivity index (χ1v) is 6.28. The van der Waals surface area contributed by atoms with Gasteiger partial charge < -0.3 is 0 Å². The Balaban J connectivity index is 2.62. The highest BCUT2D eigenvalue weighted by molar-refractivity contribution is 5.81. The largest absolute Gasteiger partial charge is 0.298 e. The third-order valence-corrected chi connectivity index (χ3v) is 3.46. The highest BCUT2D eigenvalue weighted by atomic mass is 16.1. The number of rotatable bonds is 5. The number of ketones is 1. The quantitative estimate of drug-likeness (QED) is 0.697. The molecule has 0 saturated heterocycles. The van der Waals surface area contributed by atoms with Crippen molar-refractivity contribution in [1.29, 1.82) is 0 Å². The molecule has 1 unspecified atom stereocenters. The molecule has 0 spiro atoms. The molecular formula is C13H25NO. The Kier molecular flexibility index (Phi) is 4.78. The topological polar surface area (TPSA) is 20.3 Å². The van der Waals surface area contributed by atoms with Crippen LogP contribution in [0.2, 0.25) is 0 Å². The summed E-state index contributed by atoms with van der Waals surface area (Å²) in [6.45, 7) is 9.30. The van der Waals surface area contributed by atoms with Crippen LogP contribution in [0.5, 0.6) is 0 Å². The molecule has 0 radical (unpaired) electrons. The fourth-order valence-corrected chi connectivity index (χ4v) is 2.51. The molecule has 1 atom stereocenters. The van der Waals surface area contributed by atoms with Gasteiger partial charge in [0.1, 0.15) is 5.78 Å². The Morgan fingerprint density at radius 2 is 1.80 bits per heavy atom. The molecule has 0 bridgehead atoms.